The molecule has 1 aliphatic heterocycles. The van der Waals surface area contributed by atoms with Crippen molar-refractivity contribution < 1.29 is 13.2 Å². The largest absolute Gasteiger partial charge is 0.445 e. The quantitative estimate of drug-likeness (QED) is 0.557. The molecule has 3 rings (SSSR count). The van der Waals surface area contributed by atoms with Crippen LogP contribution >= 0.6 is 19.9 Å². The first-order valence-corrected chi connectivity index (χ1v) is 9.66. The molecule has 0 N–H and O–H groups in total. The van der Waals surface area contributed by atoms with Crippen LogP contribution in [0.15, 0.2) is 28.0 Å². The molecule has 0 bridgehead atoms. The van der Waals surface area contributed by atoms with Crippen molar-refractivity contribution >= 4 is 26.0 Å². The Morgan fingerprint density at radius 3 is 2.38 bits per heavy atom. The highest BCUT2D eigenvalue weighted by molar-refractivity contribution is 8.54. The van der Waals surface area contributed by atoms with Crippen LogP contribution in [-0.4, -0.2) is 5.51 Å². The van der Waals surface area contributed by atoms with Gasteiger partial charge in [0, 0.05) is 4.90 Å². The summed E-state index contributed by atoms with van der Waals surface area (Å²) in [5, 5.41) is 0. The second kappa shape index (κ2) is 4.95. The molecule has 1 heterocycles. The Kier molecular flexibility index (Phi) is 3.61. The van der Waals surface area contributed by atoms with E-state index < -0.39 is 14.7 Å². The average Bonchev–Trinajstić information content (AvgIpc) is 2.61. The fourth-order valence-electron chi connectivity index (χ4n) is 2.93. The summed E-state index contributed by atoms with van der Waals surface area (Å²) in [6.45, 7) is 3.96. The maximum absolute atomic E-state index is 13.8. The van der Waals surface area contributed by atoms with Crippen LogP contribution < -0.4 is 0 Å². The Balaban J connectivity index is 2.15. The van der Waals surface area contributed by atoms with Crippen LogP contribution in [-0.2, 0) is 0 Å². The van der Waals surface area contributed by atoms with Crippen molar-refractivity contribution in [2.24, 2.45) is 5.92 Å². The molecule has 0 aromatic heterocycles. The molecule has 1 atom stereocenters. The normalized spacial score (nSPS) is 28.8. The SMILES string of the molecule is CC(C)c1ccc2c(c1)S(Cl)(C(F)(F)F)C(C1CCC1)=C2. The van der Waals surface area contributed by atoms with Gasteiger partial charge in [0.1, 0.15) is 0 Å². The zero-order valence-corrected chi connectivity index (χ0v) is 13.6. The van der Waals surface area contributed by atoms with Gasteiger partial charge < -0.3 is 0 Å². The third kappa shape index (κ3) is 2.22. The lowest BCUT2D eigenvalue weighted by Gasteiger charge is -2.40. The summed E-state index contributed by atoms with van der Waals surface area (Å²) in [6.07, 6.45) is 4.36. The molecule has 1 unspecified atom stereocenters. The van der Waals surface area contributed by atoms with E-state index in [0.717, 1.165) is 24.8 Å². The van der Waals surface area contributed by atoms with Gasteiger partial charge in [0.15, 0.2) is 0 Å². The van der Waals surface area contributed by atoms with Crippen molar-refractivity contribution in [1.82, 2.24) is 0 Å². The number of benzene rings is 1. The van der Waals surface area contributed by atoms with E-state index in [1.165, 1.54) is 0 Å². The van der Waals surface area contributed by atoms with Gasteiger partial charge in [0.2, 0.25) is 0 Å². The minimum Gasteiger partial charge on any atom is -0.160 e. The fourth-order valence-corrected chi connectivity index (χ4v) is 6.35. The smallest absolute Gasteiger partial charge is 0.160 e. The van der Waals surface area contributed by atoms with E-state index in [9.17, 15) is 13.2 Å². The van der Waals surface area contributed by atoms with E-state index in [1.54, 1.807) is 18.2 Å². The van der Waals surface area contributed by atoms with Gasteiger partial charge in [-0.1, -0.05) is 32.4 Å². The van der Waals surface area contributed by atoms with Crippen molar-refractivity contribution in [3.8, 4) is 0 Å². The minimum atomic E-state index is -4.39. The predicted octanol–water partition coefficient (Wildman–Crippen LogP) is 6.80. The highest BCUT2D eigenvalue weighted by atomic mass is 35.7. The molecule has 0 saturated heterocycles. The molecule has 0 nitrogen and oxygen atoms in total. The highest BCUT2D eigenvalue weighted by Crippen LogP contribution is 2.81. The summed E-state index contributed by atoms with van der Waals surface area (Å²) in [4.78, 5) is 0.726. The molecule has 0 amide bonds. The van der Waals surface area contributed by atoms with Crippen molar-refractivity contribution in [2.75, 3.05) is 0 Å². The third-order valence-electron chi connectivity index (χ3n) is 4.46. The molecule has 2 aliphatic rings. The summed E-state index contributed by atoms with van der Waals surface area (Å²) >= 11 is 0. The Morgan fingerprint density at radius 2 is 1.90 bits per heavy atom. The van der Waals surface area contributed by atoms with Crippen molar-refractivity contribution in [2.45, 2.75) is 49.4 Å². The number of hydrogen-bond acceptors (Lipinski definition) is 0. The average molecular weight is 335 g/mol. The maximum atomic E-state index is 13.8. The van der Waals surface area contributed by atoms with Gasteiger partial charge in [0.05, 0.1) is 0 Å². The molecule has 1 aromatic rings. The van der Waals surface area contributed by atoms with E-state index in [0.29, 0.717) is 15.4 Å². The number of alkyl halides is 3. The number of rotatable bonds is 2. The molecule has 0 spiro atoms. The van der Waals surface area contributed by atoms with Gasteiger partial charge in [-0.3, -0.25) is 0 Å². The Labute approximate surface area is 129 Å². The van der Waals surface area contributed by atoms with Crippen molar-refractivity contribution in [3.05, 3.63) is 34.2 Å². The van der Waals surface area contributed by atoms with Crippen molar-refractivity contribution in [3.63, 3.8) is 0 Å². The molecule has 1 aliphatic carbocycles. The maximum Gasteiger partial charge on any atom is 0.445 e. The zero-order chi connectivity index (χ0) is 15.4. The molecule has 5 heteroatoms. The van der Waals surface area contributed by atoms with E-state index in [2.05, 4.69) is 0 Å². The van der Waals surface area contributed by atoms with Gasteiger partial charge in [-0.25, -0.2) is 0 Å². The number of hydrogen-bond donors (Lipinski definition) is 0. The van der Waals surface area contributed by atoms with Gasteiger partial charge in [-0.15, -0.1) is 0 Å². The van der Waals surface area contributed by atoms with E-state index in [-0.39, 0.29) is 11.8 Å². The van der Waals surface area contributed by atoms with Crippen LogP contribution in [0.5, 0.6) is 0 Å². The lowest BCUT2D eigenvalue weighted by atomic mass is 9.84. The van der Waals surface area contributed by atoms with Crippen LogP contribution in [0.4, 0.5) is 13.2 Å². The van der Waals surface area contributed by atoms with Crippen molar-refractivity contribution in [1.29, 1.82) is 0 Å². The third-order valence-corrected chi connectivity index (χ3v) is 8.71. The zero-order valence-electron chi connectivity index (χ0n) is 12.0. The summed E-state index contributed by atoms with van der Waals surface area (Å²) in [5.74, 6) is 0.200. The summed E-state index contributed by atoms with van der Waals surface area (Å²) in [7, 11) is 2.91. The lowest BCUT2D eigenvalue weighted by molar-refractivity contribution is -0.0362. The Morgan fingerprint density at radius 1 is 1.24 bits per heavy atom. The molecule has 1 saturated carbocycles. The van der Waals surface area contributed by atoms with E-state index >= 15 is 0 Å². The first-order valence-electron chi connectivity index (χ1n) is 7.20. The predicted molar refractivity (Wildman–Crippen MR) is 83.6 cm³/mol. The molecular weight excluding hydrogens is 317 g/mol. The molecule has 116 valence electrons. The first-order chi connectivity index (χ1) is 9.75. The number of fused-ring (bicyclic) bond motifs is 1. The number of allylic oxidation sites excluding steroid dienone is 1. The Hall–Kier alpha value is -0.610. The molecule has 21 heavy (non-hydrogen) atoms. The van der Waals surface area contributed by atoms with Crippen LogP contribution in [0.1, 0.15) is 50.2 Å². The molecule has 0 radical (unpaired) electrons. The highest BCUT2D eigenvalue weighted by Gasteiger charge is 2.57. The lowest BCUT2D eigenvalue weighted by Crippen LogP contribution is -2.23. The summed E-state index contributed by atoms with van der Waals surface area (Å²) in [5.41, 5.74) is -2.82. The Bertz CT molecular complexity index is 602. The van der Waals surface area contributed by atoms with E-state index in [1.807, 2.05) is 19.9 Å². The van der Waals surface area contributed by atoms with Gasteiger partial charge >= 0.3 is 5.51 Å². The van der Waals surface area contributed by atoms with Gasteiger partial charge in [0.25, 0.3) is 0 Å². The van der Waals surface area contributed by atoms with E-state index in [4.69, 9.17) is 10.7 Å². The van der Waals surface area contributed by atoms with Gasteiger partial charge in [-0.2, -0.15) is 13.2 Å². The molecule has 1 fully saturated rings. The first kappa shape index (κ1) is 15.3. The van der Waals surface area contributed by atoms with Crippen LogP contribution in [0, 0.1) is 5.92 Å². The standard InChI is InChI=1S/C16H18ClF3S/c1-10(2)12-6-7-13-9-14(11-4-3-5-11)21(17,15(13)8-12)16(18,19)20/h6-11H,3-5H2,1-2H3. The second-order valence-electron chi connectivity index (χ2n) is 6.11. The molecular formula is C16H18ClF3S. The second-order valence-corrected chi connectivity index (χ2v) is 9.95. The fraction of sp³-hybridized carbons (Fsp3) is 0.500. The van der Waals surface area contributed by atoms with Gasteiger partial charge in [-0.05, 0) is 72.8 Å². The van der Waals surface area contributed by atoms with Crippen LogP contribution in [0.25, 0.3) is 6.08 Å². The summed E-state index contributed by atoms with van der Waals surface area (Å²) < 4.78 is 41.4. The van der Waals surface area contributed by atoms with Crippen LogP contribution in [0.3, 0.4) is 0 Å². The topological polar surface area (TPSA) is 0 Å². The van der Waals surface area contributed by atoms with Crippen LogP contribution in [0.2, 0.25) is 0 Å². The number of halogens is 4. The minimum absolute atomic E-state index is 0.00836. The summed E-state index contributed by atoms with van der Waals surface area (Å²) in [6, 6.07) is 5.39. The monoisotopic (exact) mass is 334 g/mol. The molecule has 1 aromatic carbocycles.